The number of nitrogens with zero attached hydrogens (tertiary/aromatic N) is 2. The van der Waals surface area contributed by atoms with E-state index in [-0.39, 0.29) is 6.04 Å². The van der Waals surface area contributed by atoms with Crippen LogP contribution in [-0.4, -0.2) is 9.55 Å². The van der Waals surface area contributed by atoms with Gasteiger partial charge in [0, 0.05) is 17.8 Å². The minimum absolute atomic E-state index is 0.268. The molecule has 1 aromatic heterocycles. The van der Waals surface area contributed by atoms with Crippen LogP contribution in [0, 0.1) is 6.92 Å². The van der Waals surface area contributed by atoms with Gasteiger partial charge in [-0.15, -0.1) is 0 Å². The zero-order valence-electron chi connectivity index (χ0n) is 10.0. The summed E-state index contributed by atoms with van der Waals surface area (Å²) in [4.78, 5) is 4.31. The monoisotopic (exact) mass is 249 g/mol. The lowest BCUT2D eigenvalue weighted by atomic mass is 10.0. The van der Waals surface area contributed by atoms with Crippen molar-refractivity contribution < 1.29 is 0 Å². The van der Waals surface area contributed by atoms with E-state index in [2.05, 4.69) is 11.9 Å². The predicted molar refractivity (Wildman–Crippen MR) is 70.1 cm³/mol. The summed E-state index contributed by atoms with van der Waals surface area (Å²) < 4.78 is 2.00. The van der Waals surface area contributed by atoms with E-state index in [0.717, 1.165) is 28.4 Å². The Morgan fingerprint density at radius 2 is 2.24 bits per heavy atom. The molecule has 2 N–H and O–H groups in total. The van der Waals surface area contributed by atoms with Crippen LogP contribution in [0.3, 0.4) is 0 Å². The van der Waals surface area contributed by atoms with E-state index in [1.54, 1.807) is 6.33 Å². The number of aryl methyl sites for hydroxylation is 2. The third kappa shape index (κ3) is 2.35. The van der Waals surface area contributed by atoms with Crippen molar-refractivity contribution in [1.29, 1.82) is 0 Å². The van der Waals surface area contributed by atoms with E-state index in [1.807, 2.05) is 35.9 Å². The lowest BCUT2D eigenvalue weighted by Gasteiger charge is -2.12. The van der Waals surface area contributed by atoms with Gasteiger partial charge < -0.3 is 10.3 Å². The fourth-order valence-electron chi connectivity index (χ4n) is 1.78. The van der Waals surface area contributed by atoms with E-state index in [1.165, 1.54) is 0 Å². The van der Waals surface area contributed by atoms with Gasteiger partial charge in [-0.2, -0.15) is 0 Å². The highest BCUT2D eigenvalue weighted by molar-refractivity contribution is 6.32. The number of halogens is 1. The molecule has 0 aliphatic carbocycles. The first kappa shape index (κ1) is 12.1. The summed E-state index contributed by atoms with van der Waals surface area (Å²) in [6.45, 7) is 4.93. The molecule has 0 saturated carbocycles. The van der Waals surface area contributed by atoms with Gasteiger partial charge in [0.1, 0.15) is 0 Å². The van der Waals surface area contributed by atoms with Gasteiger partial charge in [0.05, 0.1) is 18.1 Å². The van der Waals surface area contributed by atoms with Crippen LogP contribution >= 0.6 is 11.6 Å². The van der Waals surface area contributed by atoms with Gasteiger partial charge >= 0.3 is 0 Å². The topological polar surface area (TPSA) is 43.8 Å². The van der Waals surface area contributed by atoms with Crippen LogP contribution in [0.5, 0.6) is 0 Å². The summed E-state index contributed by atoms with van der Waals surface area (Å²) in [6.07, 6.45) is 3.75. The Morgan fingerprint density at radius 1 is 1.47 bits per heavy atom. The smallest absolute Gasteiger partial charge is 0.0950 e. The van der Waals surface area contributed by atoms with Crippen molar-refractivity contribution in [3.05, 3.63) is 52.6 Å². The number of nitrogens with two attached hydrogens (primary N) is 1. The molecule has 0 aliphatic rings. The molecule has 90 valence electrons. The Bertz CT molecular complexity index is 519. The van der Waals surface area contributed by atoms with Crippen molar-refractivity contribution in [2.75, 3.05) is 0 Å². The Balaban J connectivity index is 2.36. The first-order valence-electron chi connectivity index (χ1n) is 5.65. The molecule has 2 rings (SSSR count). The van der Waals surface area contributed by atoms with Crippen LogP contribution in [0.15, 0.2) is 30.7 Å². The third-order valence-corrected chi connectivity index (χ3v) is 3.41. The van der Waals surface area contributed by atoms with Crippen molar-refractivity contribution in [3.63, 3.8) is 0 Å². The lowest BCUT2D eigenvalue weighted by molar-refractivity contribution is 0.757. The van der Waals surface area contributed by atoms with Crippen LogP contribution < -0.4 is 5.73 Å². The molecule has 1 heterocycles. The SMILES string of the molecule is CCn1cnc(C(N)c2cccc(C)c2Cl)c1. The van der Waals surface area contributed by atoms with Gasteiger partial charge in [-0.1, -0.05) is 29.8 Å². The number of benzene rings is 1. The second-order valence-electron chi connectivity index (χ2n) is 4.08. The van der Waals surface area contributed by atoms with Crippen molar-refractivity contribution in [2.24, 2.45) is 5.73 Å². The summed E-state index contributed by atoms with van der Waals surface area (Å²) in [5.74, 6) is 0. The molecule has 1 unspecified atom stereocenters. The summed E-state index contributed by atoms with van der Waals surface area (Å²) in [6, 6.07) is 5.62. The van der Waals surface area contributed by atoms with Crippen LogP contribution in [0.4, 0.5) is 0 Å². The summed E-state index contributed by atoms with van der Waals surface area (Å²) in [5, 5.41) is 0.728. The first-order valence-corrected chi connectivity index (χ1v) is 6.03. The van der Waals surface area contributed by atoms with E-state index in [9.17, 15) is 0 Å². The van der Waals surface area contributed by atoms with Crippen LogP contribution in [0.2, 0.25) is 5.02 Å². The second kappa shape index (κ2) is 4.90. The largest absolute Gasteiger partial charge is 0.337 e. The predicted octanol–water partition coefficient (Wildman–Crippen LogP) is 2.91. The van der Waals surface area contributed by atoms with E-state index in [0.29, 0.717) is 0 Å². The maximum atomic E-state index is 6.26. The van der Waals surface area contributed by atoms with Gasteiger partial charge in [0.2, 0.25) is 0 Å². The Kier molecular flexibility index (Phi) is 3.50. The molecule has 0 radical (unpaired) electrons. The molecule has 0 aliphatic heterocycles. The number of hydrogen-bond acceptors (Lipinski definition) is 2. The highest BCUT2D eigenvalue weighted by Gasteiger charge is 2.15. The lowest BCUT2D eigenvalue weighted by Crippen LogP contribution is -2.13. The standard InChI is InChI=1S/C13H16ClN3/c1-3-17-7-11(16-8-17)13(15)10-6-4-5-9(2)12(10)14/h4-8,13H,3,15H2,1-2H3. The van der Waals surface area contributed by atoms with Crippen molar-refractivity contribution >= 4 is 11.6 Å². The number of imidazole rings is 1. The minimum Gasteiger partial charge on any atom is -0.337 e. The highest BCUT2D eigenvalue weighted by Crippen LogP contribution is 2.27. The summed E-state index contributed by atoms with van der Waals surface area (Å²) in [7, 11) is 0. The van der Waals surface area contributed by atoms with Crippen LogP contribution in [-0.2, 0) is 6.54 Å². The Morgan fingerprint density at radius 3 is 2.88 bits per heavy atom. The maximum Gasteiger partial charge on any atom is 0.0950 e. The molecule has 3 nitrogen and oxygen atoms in total. The normalized spacial score (nSPS) is 12.7. The number of rotatable bonds is 3. The first-order chi connectivity index (χ1) is 8.13. The molecule has 4 heteroatoms. The van der Waals surface area contributed by atoms with Crippen LogP contribution in [0.1, 0.15) is 29.8 Å². The quantitative estimate of drug-likeness (QED) is 0.909. The molecule has 2 aromatic rings. The van der Waals surface area contributed by atoms with Gasteiger partial charge in [-0.3, -0.25) is 0 Å². The van der Waals surface area contributed by atoms with Gasteiger partial charge in [-0.25, -0.2) is 4.98 Å². The Hall–Kier alpha value is -1.32. The van der Waals surface area contributed by atoms with Gasteiger partial charge in [0.15, 0.2) is 0 Å². The van der Waals surface area contributed by atoms with Gasteiger partial charge in [0.25, 0.3) is 0 Å². The molecular weight excluding hydrogens is 234 g/mol. The Labute approximate surface area is 106 Å². The van der Waals surface area contributed by atoms with E-state index in [4.69, 9.17) is 17.3 Å². The summed E-state index contributed by atoms with van der Waals surface area (Å²) >= 11 is 6.26. The van der Waals surface area contributed by atoms with Gasteiger partial charge in [-0.05, 0) is 25.0 Å². The van der Waals surface area contributed by atoms with E-state index < -0.39 is 0 Å². The highest BCUT2D eigenvalue weighted by atomic mass is 35.5. The fourth-order valence-corrected chi connectivity index (χ4v) is 2.02. The molecule has 17 heavy (non-hydrogen) atoms. The van der Waals surface area contributed by atoms with Crippen molar-refractivity contribution in [3.8, 4) is 0 Å². The zero-order valence-corrected chi connectivity index (χ0v) is 10.8. The fraction of sp³-hybridized carbons (Fsp3) is 0.308. The molecule has 0 saturated heterocycles. The minimum atomic E-state index is -0.268. The number of aromatic nitrogens is 2. The number of hydrogen-bond donors (Lipinski definition) is 1. The third-order valence-electron chi connectivity index (χ3n) is 2.89. The maximum absolute atomic E-state index is 6.26. The molecule has 0 spiro atoms. The molecule has 0 amide bonds. The summed E-state index contributed by atoms with van der Waals surface area (Å²) in [5.41, 5.74) is 9.00. The van der Waals surface area contributed by atoms with Crippen LogP contribution in [0.25, 0.3) is 0 Å². The molecule has 0 bridgehead atoms. The molecule has 1 aromatic carbocycles. The average molecular weight is 250 g/mol. The van der Waals surface area contributed by atoms with Crippen molar-refractivity contribution in [2.45, 2.75) is 26.4 Å². The molecule has 0 fully saturated rings. The average Bonchev–Trinajstić information content (AvgIpc) is 2.80. The zero-order chi connectivity index (χ0) is 12.4. The molecule has 1 atom stereocenters. The van der Waals surface area contributed by atoms with Crippen molar-refractivity contribution in [1.82, 2.24) is 9.55 Å². The second-order valence-corrected chi connectivity index (χ2v) is 4.46. The molecular formula is C13H16ClN3. The van der Waals surface area contributed by atoms with E-state index >= 15 is 0 Å².